The molecule has 7 heteroatoms. The summed E-state index contributed by atoms with van der Waals surface area (Å²) in [4.78, 5) is 10.0. The van der Waals surface area contributed by atoms with Crippen molar-refractivity contribution in [1.29, 1.82) is 0 Å². The fraction of sp³-hybridized carbons (Fsp3) is 0.357. The Morgan fingerprint density at radius 1 is 1.48 bits per heavy atom. The Balaban J connectivity index is 1.85. The normalized spacial score (nSPS) is 11.5. The van der Waals surface area contributed by atoms with E-state index >= 15 is 0 Å². The molecule has 21 heavy (non-hydrogen) atoms. The maximum atomic E-state index is 13.2. The van der Waals surface area contributed by atoms with Gasteiger partial charge in [-0.05, 0) is 17.7 Å². The molecule has 1 N–H and O–H groups in total. The minimum Gasteiger partial charge on any atom is -0.354 e. The molecule has 0 aliphatic heterocycles. The van der Waals surface area contributed by atoms with Gasteiger partial charge < -0.3 is 10.2 Å². The lowest BCUT2D eigenvalue weighted by molar-refractivity contribution is 0.468. The smallest absolute Gasteiger partial charge is 0.193 e. The van der Waals surface area contributed by atoms with E-state index in [4.69, 9.17) is 0 Å². The van der Waals surface area contributed by atoms with E-state index < -0.39 is 0 Å². The van der Waals surface area contributed by atoms with Crippen LogP contribution in [0, 0.1) is 5.82 Å². The fourth-order valence-corrected chi connectivity index (χ4v) is 2.00. The van der Waals surface area contributed by atoms with Crippen molar-refractivity contribution in [2.75, 3.05) is 20.6 Å². The van der Waals surface area contributed by atoms with Crippen molar-refractivity contribution in [3.8, 4) is 0 Å². The zero-order valence-corrected chi connectivity index (χ0v) is 12.2. The van der Waals surface area contributed by atoms with Gasteiger partial charge in [0, 0.05) is 27.2 Å². The molecular formula is C14H19FN6. The lowest BCUT2D eigenvalue weighted by Gasteiger charge is -2.22. The lowest BCUT2D eigenvalue weighted by Crippen LogP contribution is -2.39. The number of nitrogens with one attached hydrogen (secondary N) is 1. The van der Waals surface area contributed by atoms with Gasteiger partial charge in [0.25, 0.3) is 0 Å². The van der Waals surface area contributed by atoms with E-state index in [0.717, 1.165) is 11.5 Å². The van der Waals surface area contributed by atoms with Gasteiger partial charge in [0.2, 0.25) is 0 Å². The van der Waals surface area contributed by atoms with Gasteiger partial charge in [-0.1, -0.05) is 12.1 Å². The van der Waals surface area contributed by atoms with Gasteiger partial charge in [0.05, 0.1) is 6.54 Å². The van der Waals surface area contributed by atoms with Gasteiger partial charge in [-0.3, -0.25) is 9.67 Å². The molecule has 112 valence electrons. The molecule has 0 saturated heterocycles. The van der Waals surface area contributed by atoms with Crippen molar-refractivity contribution in [1.82, 2.24) is 25.0 Å². The first-order valence-corrected chi connectivity index (χ1v) is 6.67. The molecule has 6 nitrogen and oxygen atoms in total. The highest BCUT2D eigenvalue weighted by atomic mass is 19.1. The van der Waals surface area contributed by atoms with Crippen LogP contribution >= 0.6 is 0 Å². The number of aromatic nitrogens is 3. The average Bonchev–Trinajstić information content (AvgIpc) is 2.96. The van der Waals surface area contributed by atoms with Crippen LogP contribution in [-0.2, 0) is 13.1 Å². The molecule has 0 saturated carbocycles. The van der Waals surface area contributed by atoms with Gasteiger partial charge >= 0.3 is 0 Å². The summed E-state index contributed by atoms with van der Waals surface area (Å²) in [7, 11) is 3.63. The predicted molar refractivity (Wildman–Crippen MR) is 79.3 cm³/mol. The van der Waals surface area contributed by atoms with Crippen LogP contribution in [0.1, 0.15) is 5.56 Å². The quantitative estimate of drug-likeness (QED) is 0.662. The Kier molecular flexibility index (Phi) is 5.25. The molecule has 1 aromatic carbocycles. The van der Waals surface area contributed by atoms with Crippen molar-refractivity contribution >= 4 is 5.96 Å². The second-order valence-electron chi connectivity index (χ2n) is 4.62. The molecule has 2 rings (SSSR count). The summed E-state index contributed by atoms with van der Waals surface area (Å²) in [6.45, 7) is 1.97. The summed E-state index contributed by atoms with van der Waals surface area (Å²) >= 11 is 0. The van der Waals surface area contributed by atoms with Gasteiger partial charge in [-0.25, -0.2) is 9.37 Å². The monoisotopic (exact) mass is 290 g/mol. The van der Waals surface area contributed by atoms with Crippen LogP contribution < -0.4 is 5.32 Å². The van der Waals surface area contributed by atoms with Crippen LogP contribution in [0.3, 0.4) is 0 Å². The Labute approximate surface area is 123 Å². The fourth-order valence-electron chi connectivity index (χ4n) is 2.00. The van der Waals surface area contributed by atoms with E-state index in [9.17, 15) is 4.39 Å². The van der Waals surface area contributed by atoms with E-state index in [0.29, 0.717) is 19.6 Å². The van der Waals surface area contributed by atoms with Crippen molar-refractivity contribution in [2.45, 2.75) is 13.1 Å². The number of halogens is 1. The first kappa shape index (κ1) is 15.0. The number of aliphatic imine (C=N–C) groups is 1. The summed E-state index contributed by atoms with van der Waals surface area (Å²) in [5.41, 5.74) is 0.900. The SMILES string of the molecule is CN=C(NCCn1cncn1)N(C)Cc1cccc(F)c1. The van der Waals surface area contributed by atoms with E-state index in [1.165, 1.54) is 18.5 Å². The molecule has 1 aromatic heterocycles. The molecule has 1 heterocycles. The largest absolute Gasteiger partial charge is 0.354 e. The predicted octanol–water partition coefficient (Wildman–Crippen LogP) is 1.12. The maximum Gasteiger partial charge on any atom is 0.193 e. The van der Waals surface area contributed by atoms with Crippen LogP contribution in [0.15, 0.2) is 41.9 Å². The average molecular weight is 290 g/mol. The minimum atomic E-state index is -0.227. The number of hydrogen-bond acceptors (Lipinski definition) is 3. The minimum absolute atomic E-state index is 0.227. The number of guanidine groups is 1. The number of nitrogens with zero attached hydrogens (tertiary/aromatic N) is 5. The summed E-state index contributed by atoms with van der Waals surface area (Å²) in [5, 5.41) is 7.27. The summed E-state index contributed by atoms with van der Waals surface area (Å²) in [6.07, 6.45) is 3.17. The van der Waals surface area contributed by atoms with Gasteiger partial charge in [0.15, 0.2) is 5.96 Å². The highest BCUT2D eigenvalue weighted by Gasteiger charge is 2.06. The van der Waals surface area contributed by atoms with Crippen LogP contribution in [0.5, 0.6) is 0 Å². The second kappa shape index (κ2) is 7.37. The molecule has 0 radical (unpaired) electrons. The molecule has 0 aliphatic carbocycles. The van der Waals surface area contributed by atoms with Gasteiger partial charge in [0.1, 0.15) is 18.5 Å². The molecule has 0 unspecified atom stereocenters. The lowest BCUT2D eigenvalue weighted by atomic mass is 10.2. The molecule has 0 fully saturated rings. The summed E-state index contributed by atoms with van der Waals surface area (Å²) in [5.74, 6) is 0.523. The first-order valence-electron chi connectivity index (χ1n) is 6.67. The van der Waals surface area contributed by atoms with Gasteiger partial charge in [-0.2, -0.15) is 5.10 Å². The molecule has 0 amide bonds. The Bertz CT molecular complexity index is 581. The Morgan fingerprint density at radius 2 is 2.33 bits per heavy atom. The van der Waals surface area contributed by atoms with Crippen LogP contribution in [-0.4, -0.2) is 46.3 Å². The van der Waals surface area contributed by atoms with E-state index in [2.05, 4.69) is 20.4 Å². The molecule has 0 spiro atoms. The molecule has 0 atom stereocenters. The molecular weight excluding hydrogens is 271 g/mol. The number of hydrogen-bond donors (Lipinski definition) is 1. The Morgan fingerprint density at radius 3 is 3.00 bits per heavy atom. The third-order valence-electron chi connectivity index (χ3n) is 2.97. The second-order valence-corrected chi connectivity index (χ2v) is 4.62. The van der Waals surface area contributed by atoms with E-state index in [1.54, 1.807) is 24.1 Å². The van der Waals surface area contributed by atoms with Crippen molar-refractivity contribution in [3.63, 3.8) is 0 Å². The van der Waals surface area contributed by atoms with Crippen molar-refractivity contribution < 1.29 is 4.39 Å². The molecule has 0 aliphatic rings. The number of rotatable bonds is 5. The molecule has 2 aromatic rings. The van der Waals surface area contributed by atoms with Crippen LogP contribution in [0.2, 0.25) is 0 Å². The first-order chi connectivity index (χ1) is 10.2. The van der Waals surface area contributed by atoms with Crippen molar-refractivity contribution in [3.05, 3.63) is 48.3 Å². The Hall–Kier alpha value is -2.44. The van der Waals surface area contributed by atoms with Crippen molar-refractivity contribution in [2.24, 2.45) is 4.99 Å². The maximum absolute atomic E-state index is 13.2. The highest BCUT2D eigenvalue weighted by molar-refractivity contribution is 5.79. The van der Waals surface area contributed by atoms with Crippen LogP contribution in [0.25, 0.3) is 0 Å². The zero-order valence-electron chi connectivity index (χ0n) is 12.2. The molecule has 0 bridgehead atoms. The third kappa shape index (κ3) is 4.55. The van der Waals surface area contributed by atoms with E-state index in [-0.39, 0.29) is 5.82 Å². The summed E-state index contributed by atoms with van der Waals surface area (Å²) in [6, 6.07) is 6.57. The topological polar surface area (TPSA) is 58.3 Å². The summed E-state index contributed by atoms with van der Waals surface area (Å²) < 4.78 is 14.9. The van der Waals surface area contributed by atoms with Gasteiger partial charge in [-0.15, -0.1) is 0 Å². The highest BCUT2D eigenvalue weighted by Crippen LogP contribution is 2.06. The van der Waals surface area contributed by atoms with Crippen LogP contribution in [0.4, 0.5) is 4.39 Å². The zero-order chi connectivity index (χ0) is 15.1. The number of benzene rings is 1. The van der Waals surface area contributed by atoms with E-state index in [1.807, 2.05) is 18.0 Å². The third-order valence-corrected chi connectivity index (χ3v) is 2.97. The standard InChI is InChI=1S/C14H19FN6/c1-16-14(18-6-7-21-11-17-10-19-21)20(2)9-12-4-3-5-13(15)8-12/h3-5,8,10-11H,6-7,9H2,1-2H3,(H,16,18).